The summed E-state index contributed by atoms with van der Waals surface area (Å²) in [4.78, 5) is 3.95. The fourth-order valence-electron chi connectivity index (χ4n) is 2.73. The zero-order valence-electron chi connectivity index (χ0n) is 15.2. The smallest absolute Gasteiger partial charge is 0.174 e. The van der Waals surface area contributed by atoms with E-state index in [9.17, 15) is 0 Å². The van der Waals surface area contributed by atoms with Gasteiger partial charge in [0.1, 0.15) is 18.1 Å². The molecule has 7 heteroatoms. The highest BCUT2D eigenvalue weighted by Crippen LogP contribution is 2.35. The minimum atomic E-state index is -0.518. The Hall–Kier alpha value is -4.18. The Kier molecular flexibility index (Phi) is 5.16. The summed E-state index contributed by atoms with van der Waals surface area (Å²) in [5, 5.41) is 15.6. The number of nitriles is 1. The number of rotatable bonds is 6. The second-order valence-corrected chi connectivity index (χ2v) is 6.11. The number of nitrogens with zero attached hydrogens (tertiary/aromatic N) is 3. The molecule has 0 aliphatic heterocycles. The molecule has 0 aliphatic carbocycles. The molecule has 0 aliphatic rings. The van der Waals surface area contributed by atoms with E-state index in [0.717, 1.165) is 5.56 Å². The van der Waals surface area contributed by atoms with Gasteiger partial charge in [0, 0.05) is 18.0 Å². The van der Waals surface area contributed by atoms with E-state index in [1.165, 1.54) is 6.20 Å². The third-order valence-corrected chi connectivity index (χ3v) is 4.19. The Labute approximate surface area is 166 Å². The molecule has 0 saturated carbocycles. The van der Waals surface area contributed by atoms with Crippen molar-refractivity contribution in [3.05, 3.63) is 90.1 Å². The van der Waals surface area contributed by atoms with E-state index in [1.54, 1.807) is 67.0 Å². The van der Waals surface area contributed by atoms with Crippen molar-refractivity contribution in [1.82, 2.24) is 15.2 Å². The fraction of sp³-hybridized carbons (Fsp3) is 0.0455. The predicted molar refractivity (Wildman–Crippen MR) is 104 cm³/mol. The first-order valence-electron chi connectivity index (χ1n) is 8.76. The van der Waals surface area contributed by atoms with Crippen LogP contribution in [0.5, 0.6) is 17.2 Å². The normalized spacial score (nSPS) is 10.3. The van der Waals surface area contributed by atoms with Gasteiger partial charge in [-0.25, -0.2) is 4.39 Å². The first-order valence-corrected chi connectivity index (χ1v) is 8.76. The summed E-state index contributed by atoms with van der Waals surface area (Å²) < 4.78 is 26.5. The number of pyridine rings is 1. The highest BCUT2D eigenvalue weighted by atomic mass is 19.1. The molecule has 2 aromatic carbocycles. The maximum absolute atomic E-state index is 15.1. The molecule has 29 heavy (non-hydrogen) atoms. The van der Waals surface area contributed by atoms with Crippen LogP contribution in [0, 0.1) is 17.1 Å². The summed E-state index contributed by atoms with van der Waals surface area (Å²) in [6.45, 7) is 0.223. The largest absolute Gasteiger partial charge is 0.486 e. The van der Waals surface area contributed by atoms with E-state index in [2.05, 4.69) is 15.2 Å². The van der Waals surface area contributed by atoms with Crippen molar-refractivity contribution in [2.75, 3.05) is 0 Å². The zero-order chi connectivity index (χ0) is 20.1. The number of ether oxygens (including phenoxy) is 2. The minimum absolute atomic E-state index is 0.123. The van der Waals surface area contributed by atoms with E-state index in [1.807, 2.05) is 6.07 Å². The monoisotopic (exact) mass is 386 g/mol. The quantitative estimate of drug-likeness (QED) is 0.512. The maximum atomic E-state index is 15.1. The predicted octanol–water partition coefficient (Wildman–Crippen LogP) is 4.85. The van der Waals surface area contributed by atoms with Crippen molar-refractivity contribution >= 4 is 0 Å². The second kappa shape index (κ2) is 8.23. The van der Waals surface area contributed by atoms with Crippen LogP contribution in [0.15, 0.2) is 73.2 Å². The van der Waals surface area contributed by atoms with Crippen LogP contribution in [-0.2, 0) is 6.61 Å². The van der Waals surface area contributed by atoms with E-state index in [0.29, 0.717) is 22.8 Å². The molecule has 142 valence electrons. The lowest BCUT2D eigenvalue weighted by Crippen LogP contribution is -1.99. The summed E-state index contributed by atoms with van der Waals surface area (Å²) in [7, 11) is 0. The summed E-state index contributed by atoms with van der Waals surface area (Å²) in [5.74, 6) is 0.478. The molecule has 4 aromatic rings. The van der Waals surface area contributed by atoms with E-state index >= 15 is 4.39 Å². The van der Waals surface area contributed by atoms with Gasteiger partial charge in [0.25, 0.3) is 0 Å². The second-order valence-electron chi connectivity index (χ2n) is 6.11. The lowest BCUT2D eigenvalue weighted by molar-refractivity contribution is 0.290. The van der Waals surface area contributed by atoms with Crippen LogP contribution >= 0.6 is 0 Å². The molecule has 0 saturated heterocycles. The fourth-order valence-corrected chi connectivity index (χ4v) is 2.73. The standard InChI is InChI=1S/C22H15FN4O2/c23-21-18(2-1-3-19(21)28-14-16-8-10-25-11-9-16)22-20(13-26-27-22)29-17-6-4-15(12-24)5-7-17/h1-11,13H,14H2,(H,26,27). The van der Waals surface area contributed by atoms with Gasteiger partial charge in [0.05, 0.1) is 17.8 Å². The molecule has 0 bridgehead atoms. The minimum Gasteiger partial charge on any atom is -0.486 e. The summed E-state index contributed by atoms with van der Waals surface area (Å²) in [6, 6.07) is 17.2. The molecule has 4 rings (SSSR count). The van der Waals surface area contributed by atoms with Gasteiger partial charge < -0.3 is 9.47 Å². The van der Waals surface area contributed by atoms with Crippen LogP contribution in [0.25, 0.3) is 11.3 Å². The van der Waals surface area contributed by atoms with Gasteiger partial charge in [-0.15, -0.1) is 0 Å². The average Bonchev–Trinajstić information content (AvgIpc) is 3.22. The number of hydrogen-bond acceptors (Lipinski definition) is 5. The molecular weight excluding hydrogens is 371 g/mol. The van der Waals surface area contributed by atoms with Crippen LogP contribution in [0.1, 0.15) is 11.1 Å². The number of halogens is 1. The zero-order valence-corrected chi connectivity index (χ0v) is 15.2. The molecule has 0 fully saturated rings. The first-order chi connectivity index (χ1) is 14.2. The molecule has 0 unspecified atom stereocenters. The van der Waals surface area contributed by atoms with Crippen molar-refractivity contribution in [3.8, 4) is 34.6 Å². The van der Waals surface area contributed by atoms with Gasteiger partial charge in [0.2, 0.25) is 0 Å². The topological polar surface area (TPSA) is 83.8 Å². The Balaban J connectivity index is 1.57. The van der Waals surface area contributed by atoms with Crippen LogP contribution < -0.4 is 9.47 Å². The van der Waals surface area contributed by atoms with Gasteiger partial charge in [-0.05, 0) is 54.1 Å². The highest BCUT2D eigenvalue weighted by Gasteiger charge is 2.17. The Bertz CT molecular complexity index is 1150. The number of H-pyrrole nitrogens is 1. The molecule has 0 spiro atoms. The van der Waals surface area contributed by atoms with Gasteiger partial charge in [0.15, 0.2) is 17.3 Å². The molecule has 0 radical (unpaired) electrons. The van der Waals surface area contributed by atoms with Crippen LogP contribution in [0.2, 0.25) is 0 Å². The van der Waals surface area contributed by atoms with E-state index in [4.69, 9.17) is 14.7 Å². The van der Waals surface area contributed by atoms with Crippen molar-refractivity contribution in [2.45, 2.75) is 6.61 Å². The number of benzene rings is 2. The van der Waals surface area contributed by atoms with Gasteiger partial charge in [-0.3, -0.25) is 10.1 Å². The molecular formula is C22H15FN4O2. The maximum Gasteiger partial charge on any atom is 0.174 e. The van der Waals surface area contributed by atoms with Crippen molar-refractivity contribution in [3.63, 3.8) is 0 Å². The molecule has 2 aromatic heterocycles. The Morgan fingerprint density at radius 3 is 2.55 bits per heavy atom. The summed E-state index contributed by atoms with van der Waals surface area (Å²) in [6.07, 6.45) is 4.78. The SMILES string of the molecule is N#Cc1ccc(Oc2cn[nH]c2-c2cccc(OCc3ccncc3)c2F)cc1. The lowest BCUT2D eigenvalue weighted by atomic mass is 10.1. The lowest BCUT2D eigenvalue weighted by Gasteiger charge is -2.11. The van der Waals surface area contributed by atoms with Gasteiger partial charge in [-0.2, -0.15) is 10.4 Å². The molecule has 2 heterocycles. The average molecular weight is 386 g/mol. The number of hydrogen-bond donors (Lipinski definition) is 1. The number of aromatic nitrogens is 3. The Morgan fingerprint density at radius 2 is 1.79 bits per heavy atom. The van der Waals surface area contributed by atoms with Crippen molar-refractivity contribution in [1.29, 1.82) is 5.26 Å². The highest BCUT2D eigenvalue weighted by molar-refractivity contribution is 5.68. The van der Waals surface area contributed by atoms with Crippen LogP contribution in [-0.4, -0.2) is 15.2 Å². The van der Waals surface area contributed by atoms with Crippen molar-refractivity contribution < 1.29 is 13.9 Å². The van der Waals surface area contributed by atoms with Gasteiger partial charge in [-0.1, -0.05) is 6.07 Å². The molecule has 1 N–H and O–H groups in total. The van der Waals surface area contributed by atoms with Crippen LogP contribution in [0.3, 0.4) is 0 Å². The van der Waals surface area contributed by atoms with E-state index < -0.39 is 5.82 Å². The van der Waals surface area contributed by atoms with Crippen LogP contribution in [0.4, 0.5) is 4.39 Å². The molecule has 6 nitrogen and oxygen atoms in total. The third kappa shape index (κ3) is 4.06. The summed E-state index contributed by atoms with van der Waals surface area (Å²) >= 11 is 0. The Morgan fingerprint density at radius 1 is 1.00 bits per heavy atom. The summed E-state index contributed by atoms with van der Waals surface area (Å²) in [5.41, 5.74) is 2.07. The van der Waals surface area contributed by atoms with E-state index in [-0.39, 0.29) is 17.9 Å². The number of aromatic amines is 1. The first kappa shape index (κ1) is 18.2. The third-order valence-electron chi connectivity index (χ3n) is 4.19. The molecule has 0 amide bonds. The molecule has 0 atom stereocenters. The van der Waals surface area contributed by atoms with Gasteiger partial charge >= 0.3 is 0 Å². The number of nitrogens with one attached hydrogen (secondary N) is 1. The van der Waals surface area contributed by atoms with Crippen molar-refractivity contribution in [2.24, 2.45) is 0 Å².